The Labute approximate surface area is 108 Å². The van der Waals surface area contributed by atoms with E-state index in [1.165, 1.54) is 26.2 Å². The van der Waals surface area contributed by atoms with Crippen LogP contribution in [-0.4, -0.2) is 23.5 Å². The van der Waals surface area contributed by atoms with Crippen LogP contribution in [0.3, 0.4) is 0 Å². The monoisotopic (exact) mass is 247 g/mol. The lowest BCUT2D eigenvalue weighted by molar-refractivity contribution is 0.101. The van der Waals surface area contributed by atoms with Crippen LogP contribution in [0, 0.1) is 0 Å². The van der Waals surface area contributed by atoms with E-state index in [4.69, 9.17) is 0 Å². The molecule has 1 saturated carbocycles. The molecule has 0 heterocycles. The second-order valence-corrected chi connectivity index (χ2v) is 5.04. The number of benzene rings is 1. The number of unbranched alkanes of at least 4 members (excludes halogenated alkanes) is 1. The van der Waals surface area contributed by atoms with Crippen LogP contribution in [0.4, 0.5) is 5.69 Å². The van der Waals surface area contributed by atoms with Crippen LogP contribution in [0.1, 0.15) is 49.9 Å². The Balaban J connectivity index is 2.19. The van der Waals surface area contributed by atoms with E-state index in [2.05, 4.69) is 11.8 Å². The van der Waals surface area contributed by atoms with Gasteiger partial charge in [-0.3, -0.25) is 4.79 Å². The first-order chi connectivity index (χ1) is 8.63. The van der Waals surface area contributed by atoms with Crippen LogP contribution in [0.25, 0.3) is 0 Å². The molecule has 1 aromatic carbocycles. The third kappa shape index (κ3) is 2.84. The molecule has 98 valence electrons. The van der Waals surface area contributed by atoms with Crippen molar-refractivity contribution in [1.82, 2.24) is 0 Å². The van der Waals surface area contributed by atoms with Gasteiger partial charge in [0.05, 0.1) is 5.56 Å². The molecular formula is C15H21NO2. The van der Waals surface area contributed by atoms with E-state index in [0.717, 1.165) is 18.7 Å². The summed E-state index contributed by atoms with van der Waals surface area (Å²) in [6.07, 6.45) is 4.80. The second kappa shape index (κ2) is 5.42. The first-order valence-electron chi connectivity index (χ1n) is 6.74. The molecule has 1 aliphatic rings. The van der Waals surface area contributed by atoms with E-state index in [0.29, 0.717) is 11.6 Å². The fraction of sp³-hybridized carbons (Fsp3) is 0.533. The summed E-state index contributed by atoms with van der Waals surface area (Å²) >= 11 is 0. The van der Waals surface area contributed by atoms with Gasteiger partial charge in [-0.15, -0.1) is 0 Å². The van der Waals surface area contributed by atoms with Crippen LogP contribution in [0.15, 0.2) is 18.2 Å². The van der Waals surface area contributed by atoms with Gasteiger partial charge in [0.15, 0.2) is 5.78 Å². The van der Waals surface area contributed by atoms with E-state index in [1.807, 2.05) is 6.07 Å². The maximum absolute atomic E-state index is 11.3. The number of aromatic hydroxyl groups is 1. The van der Waals surface area contributed by atoms with Crippen LogP contribution >= 0.6 is 0 Å². The standard InChI is InChI=1S/C15H21NO2/c1-3-4-9-16(12-5-6-12)13-7-8-14(11(2)17)15(18)10-13/h7-8,10,12,18H,3-6,9H2,1-2H3. The van der Waals surface area contributed by atoms with Crippen LogP contribution < -0.4 is 4.90 Å². The lowest BCUT2D eigenvalue weighted by Gasteiger charge is -2.25. The van der Waals surface area contributed by atoms with E-state index in [9.17, 15) is 9.90 Å². The van der Waals surface area contributed by atoms with Crippen molar-refractivity contribution in [2.45, 2.75) is 45.6 Å². The molecule has 0 aromatic heterocycles. The zero-order valence-electron chi connectivity index (χ0n) is 11.1. The van der Waals surface area contributed by atoms with Gasteiger partial charge in [-0.05, 0) is 38.3 Å². The predicted octanol–water partition coefficient (Wildman–Crippen LogP) is 3.36. The summed E-state index contributed by atoms with van der Waals surface area (Å²) in [6.45, 7) is 4.69. The molecule has 0 saturated heterocycles. The Kier molecular flexibility index (Phi) is 3.90. The van der Waals surface area contributed by atoms with Gasteiger partial charge in [0.1, 0.15) is 5.75 Å². The highest BCUT2D eigenvalue weighted by Crippen LogP contribution is 2.34. The Hall–Kier alpha value is -1.51. The molecule has 3 nitrogen and oxygen atoms in total. The molecule has 0 atom stereocenters. The zero-order chi connectivity index (χ0) is 13.1. The first kappa shape index (κ1) is 12.9. The molecule has 0 unspecified atom stereocenters. The molecule has 0 amide bonds. The average Bonchev–Trinajstić information content (AvgIpc) is 3.13. The predicted molar refractivity (Wildman–Crippen MR) is 73.4 cm³/mol. The lowest BCUT2D eigenvalue weighted by atomic mass is 10.1. The Morgan fingerprint density at radius 2 is 2.17 bits per heavy atom. The summed E-state index contributed by atoms with van der Waals surface area (Å²) in [5.41, 5.74) is 1.44. The maximum Gasteiger partial charge on any atom is 0.163 e. The molecular weight excluding hydrogens is 226 g/mol. The summed E-state index contributed by atoms with van der Waals surface area (Å²) in [5, 5.41) is 9.89. The normalized spacial score (nSPS) is 14.6. The van der Waals surface area contributed by atoms with Gasteiger partial charge in [0.25, 0.3) is 0 Å². The van der Waals surface area contributed by atoms with Crippen molar-refractivity contribution in [1.29, 1.82) is 0 Å². The van der Waals surface area contributed by atoms with Gasteiger partial charge in [0, 0.05) is 24.3 Å². The Morgan fingerprint density at radius 1 is 1.44 bits per heavy atom. The van der Waals surface area contributed by atoms with Crippen molar-refractivity contribution in [3.63, 3.8) is 0 Å². The van der Waals surface area contributed by atoms with Crippen molar-refractivity contribution in [2.24, 2.45) is 0 Å². The summed E-state index contributed by atoms with van der Waals surface area (Å²) < 4.78 is 0. The minimum Gasteiger partial charge on any atom is -0.507 e. The summed E-state index contributed by atoms with van der Waals surface area (Å²) in [4.78, 5) is 13.6. The van der Waals surface area contributed by atoms with Crippen LogP contribution in [0.2, 0.25) is 0 Å². The smallest absolute Gasteiger partial charge is 0.163 e. The molecule has 0 radical (unpaired) electrons. The average molecular weight is 247 g/mol. The minimum absolute atomic E-state index is 0.0921. The van der Waals surface area contributed by atoms with E-state index >= 15 is 0 Å². The maximum atomic E-state index is 11.3. The number of anilines is 1. The van der Waals surface area contributed by atoms with E-state index < -0.39 is 0 Å². The van der Waals surface area contributed by atoms with Crippen molar-refractivity contribution < 1.29 is 9.90 Å². The highest BCUT2D eigenvalue weighted by Gasteiger charge is 2.29. The largest absolute Gasteiger partial charge is 0.507 e. The number of phenols is 1. The second-order valence-electron chi connectivity index (χ2n) is 5.04. The summed E-state index contributed by atoms with van der Waals surface area (Å²) in [6, 6.07) is 6.03. The molecule has 1 N–H and O–H groups in total. The number of hydrogen-bond acceptors (Lipinski definition) is 3. The summed E-state index contributed by atoms with van der Waals surface area (Å²) in [5.74, 6) is 0.00716. The third-order valence-corrected chi connectivity index (χ3v) is 3.43. The zero-order valence-corrected chi connectivity index (χ0v) is 11.1. The quantitative estimate of drug-likeness (QED) is 0.784. The van der Waals surface area contributed by atoms with Gasteiger partial charge in [-0.25, -0.2) is 0 Å². The molecule has 0 spiro atoms. The number of Topliss-reactive ketones (excluding diaryl/α,β-unsaturated/α-hetero) is 1. The van der Waals surface area contributed by atoms with Crippen molar-refractivity contribution >= 4 is 11.5 Å². The molecule has 1 aromatic rings. The van der Waals surface area contributed by atoms with Crippen molar-refractivity contribution in [3.05, 3.63) is 23.8 Å². The number of carbonyl (C=O) groups is 1. The first-order valence-corrected chi connectivity index (χ1v) is 6.74. The van der Waals surface area contributed by atoms with Crippen molar-refractivity contribution in [3.8, 4) is 5.75 Å². The van der Waals surface area contributed by atoms with Gasteiger partial charge < -0.3 is 10.0 Å². The van der Waals surface area contributed by atoms with Gasteiger partial charge in [-0.2, -0.15) is 0 Å². The molecule has 1 aliphatic carbocycles. The van der Waals surface area contributed by atoms with E-state index in [1.54, 1.807) is 12.1 Å². The Bertz CT molecular complexity index is 438. The molecule has 18 heavy (non-hydrogen) atoms. The lowest BCUT2D eigenvalue weighted by Crippen LogP contribution is -2.26. The van der Waals surface area contributed by atoms with Gasteiger partial charge in [0.2, 0.25) is 0 Å². The number of nitrogens with zero attached hydrogens (tertiary/aromatic N) is 1. The Morgan fingerprint density at radius 3 is 2.67 bits per heavy atom. The molecule has 2 rings (SSSR count). The van der Waals surface area contributed by atoms with Crippen molar-refractivity contribution in [2.75, 3.05) is 11.4 Å². The number of hydrogen-bond donors (Lipinski definition) is 1. The number of rotatable bonds is 6. The fourth-order valence-electron chi connectivity index (χ4n) is 2.23. The minimum atomic E-state index is -0.0921. The molecule has 1 fully saturated rings. The van der Waals surface area contributed by atoms with E-state index in [-0.39, 0.29) is 11.5 Å². The van der Waals surface area contributed by atoms with Gasteiger partial charge >= 0.3 is 0 Å². The SMILES string of the molecule is CCCCN(c1ccc(C(C)=O)c(O)c1)C1CC1. The van der Waals surface area contributed by atoms with Gasteiger partial charge in [-0.1, -0.05) is 13.3 Å². The fourth-order valence-corrected chi connectivity index (χ4v) is 2.23. The molecule has 0 aliphatic heterocycles. The van der Waals surface area contributed by atoms with Crippen LogP contribution in [0.5, 0.6) is 5.75 Å². The number of phenolic OH excluding ortho intramolecular Hbond substituents is 1. The topological polar surface area (TPSA) is 40.5 Å². The third-order valence-electron chi connectivity index (χ3n) is 3.43. The molecule has 0 bridgehead atoms. The highest BCUT2D eigenvalue weighted by atomic mass is 16.3. The number of ketones is 1. The molecule has 3 heteroatoms. The summed E-state index contributed by atoms with van der Waals surface area (Å²) in [7, 11) is 0. The van der Waals surface area contributed by atoms with Crippen LogP contribution in [-0.2, 0) is 0 Å². The number of carbonyl (C=O) groups excluding carboxylic acids is 1. The highest BCUT2D eigenvalue weighted by molar-refractivity contribution is 5.97.